The zero-order valence-electron chi connectivity index (χ0n) is 11.3. The summed E-state index contributed by atoms with van der Waals surface area (Å²) < 4.78 is 23.6. The Morgan fingerprint density at radius 1 is 1.32 bits per heavy atom. The Morgan fingerprint density at radius 2 is 2.14 bits per heavy atom. The maximum absolute atomic E-state index is 13.1. The van der Waals surface area contributed by atoms with E-state index in [9.17, 15) is 14.0 Å². The Balaban J connectivity index is 1.58. The maximum atomic E-state index is 13.1. The number of carboxylic acids is 1. The van der Waals surface area contributed by atoms with Gasteiger partial charge in [-0.15, -0.1) is 0 Å². The van der Waals surface area contributed by atoms with E-state index in [-0.39, 0.29) is 30.5 Å². The molecule has 1 amide bonds. The fraction of sp³-hybridized carbons (Fsp3) is 0.200. The number of nitrogens with one attached hydrogen (secondary N) is 1. The molecular formula is C15H12FNO5. The number of aromatic carboxylic acids is 1. The van der Waals surface area contributed by atoms with Gasteiger partial charge in [-0.3, -0.25) is 4.79 Å². The number of carbonyl (C=O) groups excluding carboxylic acids is 1. The molecular weight excluding hydrogens is 293 g/mol. The van der Waals surface area contributed by atoms with E-state index < -0.39 is 12.1 Å². The van der Waals surface area contributed by atoms with Gasteiger partial charge in [0.15, 0.2) is 6.10 Å². The number of amides is 1. The third-order valence-corrected chi connectivity index (χ3v) is 3.30. The number of benzene rings is 1. The standard InChI is InChI=1S/C15H12FNO5/c16-9-1-3-11-8(5-9)6-13(22-11)14(18)17-7-10-2-4-12(21-10)15(19)20/h1-5,13H,6-7H2,(H,17,18)(H,19,20)/t13-/m1/s1. The fourth-order valence-corrected chi connectivity index (χ4v) is 2.24. The molecule has 7 heteroatoms. The Hall–Kier alpha value is -2.83. The number of hydrogen-bond acceptors (Lipinski definition) is 4. The third kappa shape index (κ3) is 2.78. The molecule has 0 unspecified atom stereocenters. The van der Waals surface area contributed by atoms with Crippen molar-refractivity contribution in [2.45, 2.75) is 19.1 Å². The highest BCUT2D eigenvalue weighted by atomic mass is 19.1. The summed E-state index contributed by atoms with van der Waals surface area (Å²) in [5.74, 6) is -1.29. The summed E-state index contributed by atoms with van der Waals surface area (Å²) in [6, 6.07) is 6.89. The maximum Gasteiger partial charge on any atom is 0.371 e. The number of fused-ring (bicyclic) bond motifs is 1. The van der Waals surface area contributed by atoms with Crippen LogP contribution in [0.1, 0.15) is 21.9 Å². The van der Waals surface area contributed by atoms with Crippen molar-refractivity contribution in [3.05, 3.63) is 53.2 Å². The van der Waals surface area contributed by atoms with Crippen LogP contribution in [0.25, 0.3) is 0 Å². The normalized spacial score (nSPS) is 16.0. The third-order valence-electron chi connectivity index (χ3n) is 3.30. The predicted molar refractivity (Wildman–Crippen MR) is 72.0 cm³/mol. The highest BCUT2D eigenvalue weighted by Gasteiger charge is 2.29. The van der Waals surface area contributed by atoms with Gasteiger partial charge >= 0.3 is 5.97 Å². The van der Waals surface area contributed by atoms with Gasteiger partial charge < -0.3 is 19.6 Å². The van der Waals surface area contributed by atoms with Crippen LogP contribution in [0.4, 0.5) is 4.39 Å². The first kappa shape index (κ1) is 14.1. The summed E-state index contributed by atoms with van der Waals surface area (Å²) in [6.45, 7) is 0.0523. The Labute approximate surface area is 124 Å². The molecule has 0 saturated heterocycles. The quantitative estimate of drug-likeness (QED) is 0.898. The van der Waals surface area contributed by atoms with Crippen LogP contribution >= 0.6 is 0 Å². The first-order valence-corrected chi connectivity index (χ1v) is 6.58. The lowest BCUT2D eigenvalue weighted by Gasteiger charge is -2.10. The molecule has 1 atom stereocenters. The van der Waals surface area contributed by atoms with Gasteiger partial charge in [0, 0.05) is 12.0 Å². The van der Waals surface area contributed by atoms with Gasteiger partial charge in [-0.2, -0.15) is 0 Å². The van der Waals surface area contributed by atoms with E-state index in [1.54, 1.807) is 0 Å². The number of carboxylic acid groups (broad SMARTS) is 1. The van der Waals surface area contributed by atoms with Crippen molar-refractivity contribution >= 4 is 11.9 Å². The summed E-state index contributed by atoms with van der Waals surface area (Å²) in [7, 11) is 0. The van der Waals surface area contributed by atoms with Crippen LogP contribution in [0, 0.1) is 5.82 Å². The van der Waals surface area contributed by atoms with Gasteiger partial charge in [-0.05, 0) is 30.3 Å². The molecule has 22 heavy (non-hydrogen) atoms. The monoisotopic (exact) mass is 305 g/mol. The highest BCUT2D eigenvalue weighted by molar-refractivity contribution is 5.84. The first-order valence-electron chi connectivity index (χ1n) is 6.58. The molecule has 2 heterocycles. The van der Waals surface area contributed by atoms with Gasteiger partial charge in [-0.1, -0.05) is 0 Å². The van der Waals surface area contributed by atoms with Crippen LogP contribution < -0.4 is 10.1 Å². The minimum Gasteiger partial charge on any atom is -0.480 e. The van der Waals surface area contributed by atoms with E-state index in [1.807, 2.05) is 0 Å². The molecule has 1 aliphatic rings. The van der Waals surface area contributed by atoms with Crippen LogP contribution in [0.15, 0.2) is 34.7 Å². The van der Waals surface area contributed by atoms with Crippen molar-refractivity contribution in [1.29, 1.82) is 0 Å². The summed E-state index contributed by atoms with van der Waals surface area (Å²) in [5, 5.41) is 11.3. The van der Waals surface area contributed by atoms with Crippen molar-refractivity contribution in [3.63, 3.8) is 0 Å². The summed E-state index contributed by atoms with van der Waals surface area (Å²) in [6.07, 6.45) is -0.442. The van der Waals surface area contributed by atoms with Crippen LogP contribution in [-0.2, 0) is 17.8 Å². The van der Waals surface area contributed by atoms with Crippen molar-refractivity contribution < 1.29 is 28.2 Å². The average Bonchev–Trinajstić information content (AvgIpc) is 3.10. The highest BCUT2D eigenvalue weighted by Crippen LogP contribution is 2.29. The zero-order valence-corrected chi connectivity index (χ0v) is 11.3. The molecule has 0 aliphatic carbocycles. The molecule has 0 spiro atoms. The molecule has 0 fully saturated rings. The molecule has 2 N–H and O–H groups in total. The summed E-state index contributed by atoms with van der Waals surface area (Å²) in [5.41, 5.74) is 0.645. The molecule has 1 aromatic carbocycles. The zero-order chi connectivity index (χ0) is 15.7. The van der Waals surface area contributed by atoms with E-state index >= 15 is 0 Å². The Morgan fingerprint density at radius 3 is 2.86 bits per heavy atom. The molecule has 0 saturated carbocycles. The van der Waals surface area contributed by atoms with Gasteiger partial charge in [0.25, 0.3) is 5.91 Å². The van der Waals surface area contributed by atoms with E-state index in [0.717, 1.165) is 0 Å². The molecule has 114 valence electrons. The van der Waals surface area contributed by atoms with Crippen LogP contribution in [0.5, 0.6) is 5.75 Å². The number of rotatable bonds is 4. The summed E-state index contributed by atoms with van der Waals surface area (Å²) in [4.78, 5) is 22.7. The minimum absolute atomic E-state index is 0.0523. The SMILES string of the molecule is O=C(O)c1ccc(CNC(=O)[C@H]2Cc3cc(F)ccc3O2)o1. The minimum atomic E-state index is -1.17. The average molecular weight is 305 g/mol. The van der Waals surface area contributed by atoms with Gasteiger partial charge in [0.1, 0.15) is 17.3 Å². The van der Waals surface area contributed by atoms with Crippen molar-refractivity contribution in [2.24, 2.45) is 0 Å². The van der Waals surface area contributed by atoms with Crippen LogP contribution in [0.3, 0.4) is 0 Å². The Bertz CT molecular complexity index is 739. The lowest BCUT2D eigenvalue weighted by Crippen LogP contribution is -2.36. The smallest absolute Gasteiger partial charge is 0.371 e. The molecule has 0 bridgehead atoms. The number of halogens is 1. The molecule has 6 nitrogen and oxygen atoms in total. The Kier molecular flexibility index (Phi) is 3.54. The number of ether oxygens (including phenoxy) is 1. The lowest BCUT2D eigenvalue weighted by atomic mass is 10.1. The van der Waals surface area contributed by atoms with Gasteiger partial charge in [-0.25, -0.2) is 9.18 Å². The van der Waals surface area contributed by atoms with E-state index in [1.165, 1.54) is 30.3 Å². The molecule has 2 aromatic rings. The largest absolute Gasteiger partial charge is 0.480 e. The van der Waals surface area contributed by atoms with Crippen molar-refractivity contribution in [2.75, 3.05) is 0 Å². The molecule has 1 aliphatic heterocycles. The molecule has 1 aromatic heterocycles. The second kappa shape index (κ2) is 5.51. The first-order chi connectivity index (χ1) is 10.5. The lowest BCUT2D eigenvalue weighted by molar-refractivity contribution is -0.127. The topological polar surface area (TPSA) is 88.8 Å². The van der Waals surface area contributed by atoms with Crippen molar-refractivity contribution in [1.82, 2.24) is 5.32 Å². The predicted octanol–water partition coefficient (Wildman–Crippen LogP) is 1.74. The number of carbonyl (C=O) groups is 2. The van der Waals surface area contributed by atoms with Crippen LogP contribution in [-0.4, -0.2) is 23.1 Å². The van der Waals surface area contributed by atoms with E-state index in [2.05, 4.69) is 5.32 Å². The van der Waals surface area contributed by atoms with Crippen LogP contribution in [0.2, 0.25) is 0 Å². The van der Waals surface area contributed by atoms with Gasteiger partial charge in [0.05, 0.1) is 6.54 Å². The second-order valence-electron chi connectivity index (χ2n) is 4.85. The number of hydrogen-bond donors (Lipinski definition) is 2. The van der Waals surface area contributed by atoms with Crippen molar-refractivity contribution in [3.8, 4) is 5.75 Å². The summed E-state index contributed by atoms with van der Waals surface area (Å²) >= 11 is 0. The van der Waals surface area contributed by atoms with E-state index in [4.69, 9.17) is 14.3 Å². The van der Waals surface area contributed by atoms with E-state index in [0.29, 0.717) is 17.1 Å². The van der Waals surface area contributed by atoms with Gasteiger partial charge in [0.2, 0.25) is 5.76 Å². The molecule has 0 radical (unpaired) electrons. The molecule has 3 rings (SSSR count). The second-order valence-corrected chi connectivity index (χ2v) is 4.85. The number of furan rings is 1. The fourth-order valence-electron chi connectivity index (χ4n) is 2.24.